The number of carbonyl (C=O) groups excluding carboxylic acids is 1. The number of rotatable bonds is 10. The van der Waals surface area contributed by atoms with E-state index in [4.69, 9.17) is 4.74 Å². The quantitative estimate of drug-likeness (QED) is 0.574. The zero-order chi connectivity index (χ0) is 23.0. The lowest BCUT2D eigenvalue weighted by Gasteiger charge is -2.35. The molecule has 1 heterocycles. The summed E-state index contributed by atoms with van der Waals surface area (Å²) in [7, 11) is -1.73. The maximum Gasteiger partial charge on any atom is 0.223 e. The Hall–Kier alpha value is -1.80. The number of sulfonamides is 1. The van der Waals surface area contributed by atoms with E-state index in [1.165, 1.54) is 19.3 Å². The van der Waals surface area contributed by atoms with Gasteiger partial charge in [-0.3, -0.25) is 4.79 Å². The number of benzene rings is 1. The lowest BCUT2D eigenvalue weighted by atomic mass is 9.79. The van der Waals surface area contributed by atoms with E-state index in [2.05, 4.69) is 17.1 Å². The van der Waals surface area contributed by atoms with Crippen LogP contribution in [0.1, 0.15) is 51.9 Å². The van der Waals surface area contributed by atoms with Gasteiger partial charge in [0.05, 0.1) is 12.9 Å². The predicted molar refractivity (Wildman–Crippen MR) is 129 cm³/mol. The van der Waals surface area contributed by atoms with Gasteiger partial charge in [-0.1, -0.05) is 26.2 Å². The summed E-state index contributed by atoms with van der Waals surface area (Å²) < 4.78 is 32.3. The number of unbranched alkanes of at least 4 members (excludes halogenated alkanes) is 1. The van der Waals surface area contributed by atoms with Crippen LogP contribution in [0.5, 0.6) is 5.75 Å². The zero-order valence-corrected chi connectivity index (χ0v) is 20.4. The van der Waals surface area contributed by atoms with E-state index in [-0.39, 0.29) is 24.1 Å². The summed E-state index contributed by atoms with van der Waals surface area (Å²) in [6, 6.07) is 7.82. The predicted octanol–water partition coefficient (Wildman–Crippen LogP) is 3.26. The molecule has 0 aromatic heterocycles. The largest absolute Gasteiger partial charge is 0.497 e. The molecule has 1 aromatic rings. The molecule has 0 bridgehead atoms. The summed E-state index contributed by atoms with van der Waals surface area (Å²) in [4.78, 5) is 14.7. The van der Waals surface area contributed by atoms with Crippen LogP contribution >= 0.6 is 0 Å². The fourth-order valence-electron chi connectivity index (χ4n) is 4.80. The van der Waals surface area contributed by atoms with E-state index in [0.717, 1.165) is 43.0 Å². The maximum absolute atomic E-state index is 12.8. The molecule has 32 heavy (non-hydrogen) atoms. The average Bonchev–Trinajstić information content (AvgIpc) is 2.83. The van der Waals surface area contributed by atoms with Crippen molar-refractivity contribution in [3.63, 3.8) is 0 Å². The Morgan fingerprint density at radius 3 is 2.31 bits per heavy atom. The molecule has 0 unspecified atom stereocenters. The second-order valence-corrected chi connectivity index (χ2v) is 11.1. The van der Waals surface area contributed by atoms with Gasteiger partial charge in [0.2, 0.25) is 15.9 Å². The minimum Gasteiger partial charge on any atom is -0.497 e. The number of methoxy groups -OCH3 is 1. The standard InChI is InChI=1S/C24H39N3O4S/c1-3-4-5-20-6-8-21(9-7-20)24(28)25-14-19-32(29,30)27-17-15-26(16-18-27)22-10-12-23(31-2)13-11-22/h10-13,20-21H,3-9,14-19H2,1-2H3,(H,25,28)/t20-,21-. The topological polar surface area (TPSA) is 79.0 Å². The van der Waals surface area contributed by atoms with Crippen LogP contribution in [0.2, 0.25) is 0 Å². The normalized spacial score (nSPS) is 22.5. The molecule has 0 atom stereocenters. The van der Waals surface area contributed by atoms with E-state index in [1.807, 2.05) is 24.3 Å². The molecule has 1 aliphatic carbocycles. The number of carbonyl (C=O) groups is 1. The Labute approximate surface area is 193 Å². The smallest absolute Gasteiger partial charge is 0.223 e. The van der Waals surface area contributed by atoms with Crippen molar-refractivity contribution in [2.24, 2.45) is 11.8 Å². The SMILES string of the molecule is CCCC[C@H]1CC[C@H](C(=O)NCCS(=O)(=O)N2CCN(c3ccc(OC)cc3)CC2)CC1. The van der Waals surface area contributed by atoms with Gasteiger partial charge >= 0.3 is 0 Å². The molecule has 0 spiro atoms. The average molecular weight is 466 g/mol. The van der Waals surface area contributed by atoms with Gasteiger partial charge in [-0.05, 0) is 55.9 Å². The number of anilines is 1. The second-order valence-electron chi connectivity index (χ2n) is 9.05. The van der Waals surface area contributed by atoms with Crippen LogP contribution in [0.4, 0.5) is 5.69 Å². The third-order valence-electron chi connectivity index (χ3n) is 6.91. The van der Waals surface area contributed by atoms with Gasteiger partial charge in [0.25, 0.3) is 0 Å². The Morgan fingerprint density at radius 2 is 1.72 bits per heavy atom. The zero-order valence-electron chi connectivity index (χ0n) is 19.6. The molecule has 1 N–H and O–H groups in total. The highest BCUT2D eigenvalue weighted by Crippen LogP contribution is 2.32. The molecule has 3 rings (SSSR count). The Bertz CT molecular complexity index is 812. The first kappa shape index (κ1) is 24.8. The minimum absolute atomic E-state index is 0.0264. The van der Waals surface area contributed by atoms with Gasteiger partial charge < -0.3 is 15.0 Å². The number of nitrogens with one attached hydrogen (secondary N) is 1. The van der Waals surface area contributed by atoms with Crippen LogP contribution in [0.3, 0.4) is 0 Å². The molecule has 1 aromatic carbocycles. The van der Waals surface area contributed by atoms with Crippen LogP contribution in [-0.4, -0.2) is 64.2 Å². The molecule has 2 fully saturated rings. The molecular formula is C24H39N3O4S. The van der Waals surface area contributed by atoms with Crippen molar-refractivity contribution in [2.45, 2.75) is 51.9 Å². The van der Waals surface area contributed by atoms with Crippen molar-refractivity contribution >= 4 is 21.6 Å². The summed E-state index contributed by atoms with van der Waals surface area (Å²) in [5, 5.41) is 2.88. The van der Waals surface area contributed by atoms with Gasteiger partial charge in [-0.25, -0.2) is 8.42 Å². The summed E-state index contributed by atoms with van der Waals surface area (Å²) >= 11 is 0. The molecule has 1 saturated carbocycles. The van der Waals surface area contributed by atoms with Crippen molar-refractivity contribution in [1.82, 2.24) is 9.62 Å². The first-order valence-electron chi connectivity index (χ1n) is 12.1. The highest BCUT2D eigenvalue weighted by molar-refractivity contribution is 7.89. The van der Waals surface area contributed by atoms with E-state index in [9.17, 15) is 13.2 Å². The lowest BCUT2D eigenvalue weighted by Crippen LogP contribution is -2.50. The van der Waals surface area contributed by atoms with Crippen LogP contribution in [0.25, 0.3) is 0 Å². The van der Waals surface area contributed by atoms with Crippen molar-refractivity contribution in [1.29, 1.82) is 0 Å². The summed E-state index contributed by atoms with van der Waals surface area (Å²) in [6.07, 6.45) is 7.87. The van der Waals surface area contributed by atoms with Gasteiger partial charge in [-0.2, -0.15) is 4.31 Å². The summed E-state index contributed by atoms with van der Waals surface area (Å²) in [6.45, 7) is 4.64. The second kappa shape index (κ2) is 11.9. The first-order valence-corrected chi connectivity index (χ1v) is 13.7. The molecule has 1 aliphatic heterocycles. The number of piperazine rings is 1. The third-order valence-corrected chi connectivity index (χ3v) is 8.78. The van der Waals surface area contributed by atoms with E-state index < -0.39 is 10.0 Å². The molecule has 0 radical (unpaired) electrons. The molecule has 1 amide bonds. The molecule has 2 aliphatic rings. The monoisotopic (exact) mass is 465 g/mol. The summed E-state index contributed by atoms with van der Waals surface area (Å²) in [5.41, 5.74) is 1.07. The van der Waals surface area contributed by atoms with Crippen LogP contribution in [0, 0.1) is 11.8 Å². The number of ether oxygens (including phenoxy) is 1. The van der Waals surface area contributed by atoms with Gasteiger partial charge in [0, 0.05) is 44.3 Å². The molecule has 1 saturated heterocycles. The van der Waals surface area contributed by atoms with E-state index >= 15 is 0 Å². The van der Waals surface area contributed by atoms with Gasteiger partial charge in [0.1, 0.15) is 5.75 Å². The van der Waals surface area contributed by atoms with Crippen molar-refractivity contribution in [2.75, 3.05) is 50.5 Å². The number of hydrogen-bond donors (Lipinski definition) is 1. The van der Waals surface area contributed by atoms with E-state index in [0.29, 0.717) is 26.2 Å². The summed E-state index contributed by atoms with van der Waals surface area (Å²) in [5.74, 6) is 1.60. The lowest BCUT2D eigenvalue weighted by molar-refractivity contribution is -0.126. The molecule has 7 nitrogen and oxygen atoms in total. The van der Waals surface area contributed by atoms with Crippen molar-refractivity contribution in [3.8, 4) is 5.75 Å². The number of nitrogens with zero attached hydrogens (tertiary/aromatic N) is 2. The molecule has 180 valence electrons. The van der Waals surface area contributed by atoms with Gasteiger partial charge in [-0.15, -0.1) is 0 Å². The fraction of sp³-hybridized carbons (Fsp3) is 0.708. The Kier molecular flexibility index (Phi) is 9.22. The van der Waals surface area contributed by atoms with Crippen LogP contribution in [0.15, 0.2) is 24.3 Å². The fourth-order valence-corrected chi connectivity index (χ4v) is 6.14. The van der Waals surface area contributed by atoms with Crippen LogP contribution in [-0.2, 0) is 14.8 Å². The van der Waals surface area contributed by atoms with Gasteiger partial charge in [0.15, 0.2) is 0 Å². The van der Waals surface area contributed by atoms with Crippen molar-refractivity contribution < 1.29 is 17.9 Å². The first-order chi connectivity index (χ1) is 15.4. The maximum atomic E-state index is 12.8. The van der Waals surface area contributed by atoms with E-state index in [1.54, 1.807) is 11.4 Å². The number of amides is 1. The highest BCUT2D eigenvalue weighted by atomic mass is 32.2. The third kappa shape index (κ3) is 6.85. The Balaban J connectivity index is 1.38. The number of hydrogen-bond acceptors (Lipinski definition) is 5. The van der Waals surface area contributed by atoms with Crippen molar-refractivity contribution in [3.05, 3.63) is 24.3 Å². The van der Waals surface area contributed by atoms with Crippen LogP contribution < -0.4 is 15.0 Å². The Morgan fingerprint density at radius 1 is 1.06 bits per heavy atom. The molecule has 8 heteroatoms. The highest BCUT2D eigenvalue weighted by Gasteiger charge is 2.29. The minimum atomic E-state index is -3.37. The molecular weight excluding hydrogens is 426 g/mol.